The van der Waals surface area contributed by atoms with Crippen LogP contribution in [0.3, 0.4) is 0 Å². The molecule has 40 heavy (non-hydrogen) atoms. The summed E-state index contributed by atoms with van der Waals surface area (Å²) in [5.41, 5.74) is 11.2. The number of amides is 1. The van der Waals surface area contributed by atoms with Gasteiger partial charge in [0, 0.05) is 87.7 Å². The molecule has 4 heterocycles. The summed E-state index contributed by atoms with van der Waals surface area (Å²) >= 11 is 0. The quantitative estimate of drug-likeness (QED) is 0.476. The Hall–Kier alpha value is -3.54. The molecule has 0 radical (unpaired) electrons. The molecule has 3 aliphatic rings. The number of nitrogens with zero attached hydrogens (tertiary/aromatic N) is 7. The smallest absolute Gasteiger partial charge is 0.254 e. The second-order valence-corrected chi connectivity index (χ2v) is 10.2. The van der Waals surface area contributed by atoms with Gasteiger partial charge in [0.15, 0.2) is 0 Å². The third kappa shape index (κ3) is 5.67. The number of hydrogen-bond donors (Lipinski definition) is 2. The number of nitrogens with one attached hydrogen (secondary N) is 1. The molecule has 11 nitrogen and oxygen atoms in total. The molecule has 2 fully saturated rings. The summed E-state index contributed by atoms with van der Waals surface area (Å²) in [6.45, 7) is 12.3. The lowest BCUT2D eigenvalue weighted by molar-refractivity contribution is 0.0642. The number of carbonyl (C=O) groups excluding carboxylic acids is 1. The first-order valence-corrected chi connectivity index (χ1v) is 14.3. The molecule has 0 aliphatic carbocycles. The SMILES string of the molecule is CCN1CCN(C(=O)c2cccc(N3CCc4c(C(/C=N\CN)=C/NC)nc(N5CCOCC5)nc43)c2C)CC1. The van der Waals surface area contributed by atoms with Crippen molar-refractivity contribution in [1.82, 2.24) is 25.1 Å². The summed E-state index contributed by atoms with van der Waals surface area (Å²) in [6.07, 6.45) is 4.45. The predicted octanol–water partition coefficient (Wildman–Crippen LogP) is 1.64. The largest absolute Gasteiger partial charge is 0.393 e. The average molecular weight is 548 g/mol. The Morgan fingerprint density at radius 3 is 2.60 bits per heavy atom. The van der Waals surface area contributed by atoms with Gasteiger partial charge in [-0.15, -0.1) is 0 Å². The second kappa shape index (κ2) is 12.8. The molecule has 2 aromatic rings. The summed E-state index contributed by atoms with van der Waals surface area (Å²) < 4.78 is 5.58. The maximum absolute atomic E-state index is 13.6. The van der Waals surface area contributed by atoms with Crippen molar-refractivity contribution in [1.29, 1.82) is 0 Å². The van der Waals surface area contributed by atoms with Crippen LogP contribution in [0, 0.1) is 6.92 Å². The van der Waals surface area contributed by atoms with Crippen molar-refractivity contribution in [3.63, 3.8) is 0 Å². The van der Waals surface area contributed by atoms with E-state index in [0.717, 1.165) is 98.2 Å². The lowest BCUT2D eigenvalue weighted by atomic mass is 10.0. The molecule has 5 rings (SSSR count). The highest BCUT2D eigenvalue weighted by Crippen LogP contribution is 2.39. The number of ether oxygens (including phenoxy) is 1. The number of aliphatic imine (C=N–C) groups is 1. The van der Waals surface area contributed by atoms with Crippen molar-refractivity contribution in [2.45, 2.75) is 20.3 Å². The molecule has 3 aliphatic heterocycles. The summed E-state index contributed by atoms with van der Waals surface area (Å²) in [5.74, 6) is 1.65. The van der Waals surface area contributed by atoms with Crippen molar-refractivity contribution in [2.24, 2.45) is 10.7 Å². The Balaban J connectivity index is 1.53. The highest BCUT2D eigenvalue weighted by molar-refractivity contribution is 6.10. The zero-order valence-electron chi connectivity index (χ0n) is 23.9. The van der Waals surface area contributed by atoms with Gasteiger partial charge in [0.05, 0.1) is 25.6 Å². The number of likely N-dealkylation sites (N-methyl/N-ethyl adjacent to an activating group) is 1. The zero-order chi connectivity index (χ0) is 28.1. The number of hydrogen-bond acceptors (Lipinski definition) is 10. The lowest BCUT2D eigenvalue weighted by Crippen LogP contribution is -2.48. The minimum absolute atomic E-state index is 0.101. The number of benzene rings is 1. The topological polar surface area (TPSA) is 115 Å². The minimum atomic E-state index is 0.101. The molecule has 214 valence electrons. The molecular weight excluding hydrogens is 506 g/mol. The van der Waals surface area contributed by atoms with Crippen LogP contribution in [0.2, 0.25) is 0 Å². The van der Waals surface area contributed by atoms with E-state index in [2.05, 4.69) is 38.0 Å². The van der Waals surface area contributed by atoms with Crippen LogP contribution in [-0.4, -0.2) is 111 Å². The van der Waals surface area contributed by atoms with Gasteiger partial charge in [0.1, 0.15) is 5.82 Å². The Bertz CT molecular complexity index is 1260. The van der Waals surface area contributed by atoms with Gasteiger partial charge in [-0.2, -0.15) is 4.98 Å². The highest BCUT2D eigenvalue weighted by Gasteiger charge is 2.31. The van der Waals surface area contributed by atoms with E-state index in [0.29, 0.717) is 19.2 Å². The van der Waals surface area contributed by atoms with Crippen LogP contribution >= 0.6 is 0 Å². The Morgan fingerprint density at radius 2 is 1.90 bits per heavy atom. The molecule has 0 atom stereocenters. The maximum Gasteiger partial charge on any atom is 0.254 e. The van der Waals surface area contributed by atoms with Crippen molar-refractivity contribution < 1.29 is 9.53 Å². The summed E-state index contributed by atoms with van der Waals surface area (Å²) in [5, 5.41) is 3.13. The van der Waals surface area contributed by atoms with Gasteiger partial charge < -0.3 is 35.4 Å². The number of fused-ring (bicyclic) bond motifs is 1. The first-order chi connectivity index (χ1) is 19.5. The summed E-state index contributed by atoms with van der Waals surface area (Å²) in [6, 6.07) is 6.03. The molecule has 3 N–H and O–H groups in total. The molecule has 0 saturated carbocycles. The molecule has 1 aromatic carbocycles. The number of rotatable bonds is 8. The predicted molar refractivity (Wildman–Crippen MR) is 160 cm³/mol. The standard InChI is InChI=1S/C29H41N9O2/c1-4-35-10-12-36(13-11-35)28(39)23-6-5-7-25(21(23)2)38-9-8-24-26(22(18-31-3)19-32-20-30)33-29(34-27(24)38)37-14-16-40-17-15-37/h5-7,18-19,31H,4,8-17,20,30H2,1-3H3/b22-18+,32-19-. The molecule has 1 amide bonds. The Kier molecular flexibility index (Phi) is 8.93. The van der Waals surface area contributed by atoms with Gasteiger partial charge in [0.25, 0.3) is 5.91 Å². The van der Waals surface area contributed by atoms with E-state index in [-0.39, 0.29) is 12.6 Å². The van der Waals surface area contributed by atoms with Crippen LogP contribution in [0.25, 0.3) is 5.57 Å². The normalized spacial score (nSPS) is 18.5. The van der Waals surface area contributed by atoms with Crippen LogP contribution in [0.15, 0.2) is 29.4 Å². The van der Waals surface area contributed by atoms with Gasteiger partial charge >= 0.3 is 0 Å². The van der Waals surface area contributed by atoms with Crippen LogP contribution in [-0.2, 0) is 11.2 Å². The number of morpholine rings is 1. The van der Waals surface area contributed by atoms with Gasteiger partial charge in [-0.25, -0.2) is 4.98 Å². The molecule has 11 heteroatoms. The van der Waals surface area contributed by atoms with E-state index < -0.39 is 0 Å². The third-order valence-electron chi connectivity index (χ3n) is 7.95. The first-order valence-electron chi connectivity index (χ1n) is 14.3. The first kappa shape index (κ1) is 28.0. The van der Waals surface area contributed by atoms with E-state index >= 15 is 0 Å². The van der Waals surface area contributed by atoms with Crippen molar-refractivity contribution in [2.75, 3.05) is 89.1 Å². The molecule has 1 aromatic heterocycles. The average Bonchev–Trinajstić information content (AvgIpc) is 3.43. The maximum atomic E-state index is 13.6. The Labute approximate surface area is 236 Å². The van der Waals surface area contributed by atoms with E-state index in [1.807, 2.05) is 37.2 Å². The van der Waals surface area contributed by atoms with Gasteiger partial charge in [-0.1, -0.05) is 13.0 Å². The molecule has 0 bridgehead atoms. The number of allylic oxidation sites excluding steroid dienone is 1. The van der Waals surface area contributed by atoms with Crippen LogP contribution in [0.1, 0.15) is 34.1 Å². The minimum Gasteiger partial charge on any atom is -0.393 e. The number of aromatic nitrogens is 2. The molecular formula is C29H41N9O2. The number of piperazine rings is 1. The van der Waals surface area contributed by atoms with Crippen molar-refractivity contribution in [3.8, 4) is 0 Å². The van der Waals surface area contributed by atoms with E-state index in [1.165, 1.54) is 0 Å². The van der Waals surface area contributed by atoms with E-state index in [1.54, 1.807) is 6.21 Å². The molecule has 0 spiro atoms. The van der Waals surface area contributed by atoms with E-state index in [4.69, 9.17) is 20.4 Å². The summed E-state index contributed by atoms with van der Waals surface area (Å²) in [7, 11) is 1.86. The zero-order valence-corrected chi connectivity index (χ0v) is 23.9. The fraction of sp³-hybridized carbons (Fsp3) is 0.517. The third-order valence-corrected chi connectivity index (χ3v) is 7.95. The number of anilines is 3. The van der Waals surface area contributed by atoms with Crippen LogP contribution < -0.4 is 20.9 Å². The fourth-order valence-corrected chi connectivity index (χ4v) is 5.68. The van der Waals surface area contributed by atoms with Gasteiger partial charge in [-0.3, -0.25) is 9.79 Å². The van der Waals surface area contributed by atoms with E-state index in [9.17, 15) is 4.79 Å². The fourth-order valence-electron chi connectivity index (χ4n) is 5.68. The molecule has 0 unspecified atom stereocenters. The molecule has 2 saturated heterocycles. The number of carbonyl (C=O) groups is 1. The van der Waals surface area contributed by atoms with Gasteiger partial charge in [0.2, 0.25) is 5.95 Å². The second-order valence-electron chi connectivity index (χ2n) is 10.2. The Morgan fingerprint density at radius 1 is 1.12 bits per heavy atom. The van der Waals surface area contributed by atoms with Gasteiger partial charge in [-0.05, 0) is 37.6 Å². The summed E-state index contributed by atoms with van der Waals surface area (Å²) in [4.78, 5) is 36.8. The highest BCUT2D eigenvalue weighted by atomic mass is 16.5. The van der Waals surface area contributed by atoms with Crippen molar-refractivity contribution in [3.05, 3.63) is 46.8 Å². The monoisotopic (exact) mass is 547 g/mol. The van der Waals surface area contributed by atoms with Crippen LogP contribution in [0.5, 0.6) is 0 Å². The lowest BCUT2D eigenvalue weighted by Gasteiger charge is -2.34. The number of nitrogens with two attached hydrogens (primary N) is 1. The van der Waals surface area contributed by atoms with Crippen LogP contribution in [0.4, 0.5) is 17.5 Å². The van der Waals surface area contributed by atoms with Crippen molar-refractivity contribution >= 4 is 35.1 Å².